The molecule has 0 saturated carbocycles. The second-order valence-corrected chi connectivity index (χ2v) is 7.79. The fourth-order valence-corrected chi connectivity index (χ4v) is 4.05. The van der Waals surface area contributed by atoms with Gasteiger partial charge < -0.3 is 4.90 Å². The van der Waals surface area contributed by atoms with Crippen molar-refractivity contribution in [3.63, 3.8) is 0 Å². The van der Waals surface area contributed by atoms with Crippen LogP contribution in [0.5, 0.6) is 0 Å². The second-order valence-electron chi connectivity index (χ2n) is 6.78. The third-order valence-corrected chi connectivity index (χ3v) is 5.56. The molecule has 0 N–H and O–H groups in total. The Kier molecular flexibility index (Phi) is 7.98. The lowest BCUT2D eigenvalue weighted by atomic mass is 10.1. The van der Waals surface area contributed by atoms with Crippen LogP contribution in [0.4, 0.5) is 5.13 Å². The molecule has 0 aliphatic carbocycles. The predicted molar refractivity (Wildman–Crippen MR) is 119 cm³/mol. The highest BCUT2D eigenvalue weighted by atomic mass is 35.5. The first-order valence-corrected chi connectivity index (χ1v) is 10.2. The number of fused-ring (bicyclic) bond motifs is 1. The molecule has 0 saturated heterocycles. The van der Waals surface area contributed by atoms with Crippen LogP contribution in [0.3, 0.4) is 0 Å². The van der Waals surface area contributed by atoms with Gasteiger partial charge in [-0.3, -0.25) is 14.4 Å². The van der Waals surface area contributed by atoms with E-state index < -0.39 is 0 Å². The second kappa shape index (κ2) is 10.0. The summed E-state index contributed by atoms with van der Waals surface area (Å²) < 4.78 is 2.90. The van der Waals surface area contributed by atoms with Crippen LogP contribution < -0.4 is 4.90 Å². The van der Waals surface area contributed by atoms with Crippen molar-refractivity contribution < 1.29 is 4.79 Å². The van der Waals surface area contributed by atoms with E-state index in [1.165, 1.54) is 5.56 Å². The van der Waals surface area contributed by atoms with E-state index >= 15 is 0 Å². The average molecular weight is 422 g/mol. The van der Waals surface area contributed by atoms with Gasteiger partial charge in [0.15, 0.2) is 10.8 Å². The van der Waals surface area contributed by atoms with Gasteiger partial charge in [0.1, 0.15) is 0 Å². The van der Waals surface area contributed by atoms with Gasteiger partial charge in [0.2, 0.25) is 0 Å². The fraction of sp³-hybridized carbons (Fsp3) is 0.450. The number of rotatable bonds is 8. The van der Waals surface area contributed by atoms with E-state index in [0.29, 0.717) is 12.2 Å². The smallest absolute Gasteiger partial charge is 0.280 e. The third kappa shape index (κ3) is 4.90. The van der Waals surface area contributed by atoms with Gasteiger partial charge in [-0.05, 0) is 58.1 Å². The zero-order valence-electron chi connectivity index (χ0n) is 16.9. The molecule has 0 radical (unpaired) electrons. The summed E-state index contributed by atoms with van der Waals surface area (Å²) in [6, 6.07) is 8.02. The van der Waals surface area contributed by atoms with Crippen LogP contribution in [0.25, 0.3) is 10.2 Å². The highest BCUT2D eigenvalue weighted by Crippen LogP contribution is 2.31. The van der Waals surface area contributed by atoms with E-state index in [1.807, 2.05) is 27.2 Å². The normalized spacial score (nSPS) is 11.0. The molecule has 3 aromatic rings. The summed E-state index contributed by atoms with van der Waals surface area (Å²) in [5, 5.41) is 5.15. The molecule has 6 nitrogen and oxygen atoms in total. The summed E-state index contributed by atoms with van der Waals surface area (Å²) in [7, 11) is 4.08. The number of aryl methyl sites for hydroxylation is 2. The molecule has 0 unspecified atom stereocenters. The minimum Gasteiger partial charge on any atom is -0.309 e. The van der Waals surface area contributed by atoms with Crippen LogP contribution in [0.1, 0.15) is 36.3 Å². The number of amides is 1. The van der Waals surface area contributed by atoms with Gasteiger partial charge in [-0.25, -0.2) is 4.98 Å². The van der Waals surface area contributed by atoms with E-state index in [2.05, 4.69) is 35.1 Å². The molecule has 0 spiro atoms. The number of hydrogen-bond donors (Lipinski definition) is 0. The van der Waals surface area contributed by atoms with Crippen LogP contribution in [-0.2, 0) is 13.0 Å². The van der Waals surface area contributed by atoms with Crippen molar-refractivity contribution in [3.8, 4) is 0 Å². The Morgan fingerprint density at radius 2 is 1.96 bits per heavy atom. The van der Waals surface area contributed by atoms with Crippen LogP contribution in [-0.4, -0.2) is 52.8 Å². The molecule has 0 aliphatic rings. The lowest BCUT2D eigenvalue weighted by Gasteiger charge is -2.20. The number of thiazole rings is 1. The Bertz CT molecular complexity index is 920. The molecular weight excluding hydrogens is 394 g/mol. The van der Waals surface area contributed by atoms with E-state index in [0.717, 1.165) is 41.3 Å². The summed E-state index contributed by atoms with van der Waals surface area (Å²) in [5.74, 6) is -0.0851. The lowest BCUT2D eigenvalue weighted by molar-refractivity contribution is 0.0980. The van der Waals surface area contributed by atoms with Crippen molar-refractivity contribution in [2.45, 2.75) is 33.2 Å². The Morgan fingerprint density at radius 3 is 2.61 bits per heavy atom. The van der Waals surface area contributed by atoms with Gasteiger partial charge in [-0.2, -0.15) is 5.10 Å². The quantitative estimate of drug-likeness (QED) is 0.549. The minimum absolute atomic E-state index is 0. The maximum atomic E-state index is 13.2. The molecule has 152 valence electrons. The molecule has 1 amide bonds. The Hall–Kier alpha value is -1.96. The zero-order valence-corrected chi connectivity index (χ0v) is 18.5. The van der Waals surface area contributed by atoms with E-state index in [-0.39, 0.29) is 18.3 Å². The topological polar surface area (TPSA) is 54.3 Å². The van der Waals surface area contributed by atoms with Gasteiger partial charge >= 0.3 is 0 Å². The standard InChI is InChI=1S/C20H27N5OS.ClH/c1-5-15-9-7-10-17-18(15)21-20(27-17)25(13-8-12-23(3)4)19(26)16-11-14-24(6-2)22-16;/h7,9-11,14H,5-6,8,12-13H2,1-4H3;1H. The Labute approximate surface area is 176 Å². The van der Waals surface area contributed by atoms with Gasteiger partial charge in [-0.15, -0.1) is 12.4 Å². The van der Waals surface area contributed by atoms with E-state index in [1.54, 1.807) is 27.0 Å². The molecule has 1 aromatic carbocycles. The predicted octanol–water partition coefficient (Wildman–Crippen LogP) is 4.10. The first-order chi connectivity index (χ1) is 13.0. The number of carbonyl (C=O) groups excluding carboxylic acids is 1. The molecule has 0 aliphatic heterocycles. The highest BCUT2D eigenvalue weighted by Gasteiger charge is 2.23. The minimum atomic E-state index is -0.0851. The first-order valence-electron chi connectivity index (χ1n) is 9.42. The number of nitrogens with zero attached hydrogens (tertiary/aromatic N) is 5. The third-order valence-electron chi connectivity index (χ3n) is 4.52. The van der Waals surface area contributed by atoms with Crippen LogP contribution in [0, 0.1) is 0 Å². The summed E-state index contributed by atoms with van der Waals surface area (Å²) >= 11 is 1.58. The van der Waals surface area contributed by atoms with Crippen molar-refractivity contribution in [2.75, 3.05) is 32.1 Å². The molecular formula is C20H28ClN5OS. The van der Waals surface area contributed by atoms with Gasteiger partial charge in [0, 0.05) is 19.3 Å². The number of para-hydroxylation sites is 1. The maximum absolute atomic E-state index is 13.2. The van der Waals surface area contributed by atoms with Crippen LogP contribution in [0.15, 0.2) is 30.5 Å². The van der Waals surface area contributed by atoms with E-state index in [9.17, 15) is 4.79 Å². The van der Waals surface area contributed by atoms with Gasteiger partial charge in [-0.1, -0.05) is 30.4 Å². The molecule has 0 atom stereocenters. The lowest BCUT2D eigenvalue weighted by Crippen LogP contribution is -2.33. The Morgan fingerprint density at radius 1 is 1.18 bits per heavy atom. The highest BCUT2D eigenvalue weighted by molar-refractivity contribution is 7.22. The molecule has 0 bridgehead atoms. The van der Waals surface area contributed by atoms with Crippen molar-refractivity contribution in [2.24, 2.45) is 0 Å². The van der Waals surface area contributed by atoms with Crippen molar-refractivity contribution in [1.82, 2.24) is 19.7 Å². The molecule has 3 rings (SSSR count). The number of anilines is 1. The first kappa shape index (κ1) is 22.3. The summed E-state index contributed by atoms with van der Waals surface area (Å²) in [6.45, 7) is 6.42. The van der Waals surface area contributed by atoms with Crippen molar-refractivity contribution in [3.05, 3.63) is 41.7 Å². The molecule has 2 heterocycles. The maximum Gasteiger partial charge on any atom is 0.280 e. The number of aromatic nitrogens is 3. The Balaban J connectivity index is 0.00000280. The molecule has 0 fully saturated rings. The van der Waals surface area contributed by atoms with Crippen molar-refractivity contribution >= 4 is 45.0 Å². The molecule has 2 aromatic heterocycles. The summed E-state index contributed by atoms with van der Waals surface area (Å²) in [5.41, 5.74) is 2.69. The number of benzene rings is 1. The fourth-order valence-electron chi connectivity index (χ4n) is 3.01. The number of hydrogen-bond acceptors (Lipinski definition) is 5. The summed E-state index contributed by atoms with van der Waals surface area (Å²) in [4.78, 5) is 21.9. The van der Waals surface area contributed by atoms with Crippen LogP contribution >= 0.6 is 23.7 Å². The molecule has 8 heteroatoms. The van der Waals surface area contributed by atoms with Gasteiger partial charge in [0.25, 0.3) is 5.91 Å². The zero-order chi connectivity index (χ0) is 19.4. The van der Waals surface area contributed by atoms with E-state index in [4.69, 9.17) is 4.98 Å². The molecule has 28 heavy (non-hydrogen) atoms. The number of carbonyl (C=O) groups is 1. The van der Waals surface area contributed by atoms with Gasteiger partial charge in [0.05, 0.1) is 10.2 Å². The largest absolute Gasteiger partial charge is 0.309 e. The van der Waals surface area contributed by atoms with Crippen molar-refractivity contribution in [1.29, 1.82) is 0 Å². The summed E-state index contributed by atoms with van der Waals surface area (Å²) in [6.07, 6.45) is 3.65. The average Bonchev–Trinajstić information content (AvgIpc) is 3.30. The number of halogens is 1. The monoisotopic (exact) mass is 421 g/mol. The van der Waals surface area contributed by atoms with Crippen LogP contribution in [0.2, 0.25) is 0 Å². The SMILES string of the molecule is CCc1cccc2sc(N(CCCN(C)C)C(=O)c3ccn(CC)n3)nc12.Cl.